The number of methoxy groups -OCH3 is 2. The van der Waals surface area contributed by atoms with Gasteiger partial charge in [0, 0.05) is 55.8 Å². The molecule has 1 aromatic heterocycles. The van der Waals surface area contributed by atoms with Crippen molar-refractivity contribution in [3.63, 3.8) is 0 Å². The van der Waals surface area contributed by atoms with Crippen LogP contribution in [0.4, 0.5) is 5.69 Å². The summed E-state index contributed by atoms with van der Waals surface area (Å²) in [6.07, 6.45) is 5.03. The molecule has 0 saturated carbocycles. The van der Waals surface area contributed by atoms with Crippen LogP contribution in [-0.4, -0.2) is 62.1 Å². The van der Waals surface area contributed by atoms with Crippen molar-refractivity contribution >= 4 is 11.6 Å². The fourth-order valence-electron chi connectivity index (χ4n) is 4.07. The van der Waals surface area contributed by atoms with E-state index in [1.54, 1.807) is 14.2 Å². The summed E-state index contributed by atoms with van der Waals surface area (Å²) >= 11 is 0. The molecular weight excluding hydrogens is 370 g/mol. The number of carbonyl (C=O) groups is 1. The second-order valence-corrected chi connectivity index (χ2v) is 7.66. The van der Waals surface area contributed by atoms with Crippen LogP contribution in [0.25, 0.3) is 0 Å². The Balaban J connectivity index is 1.36. The number of rotatable bonds is 6. The first-order chi connectivity index (χ1) is 14.2. The molecule has 8 heteroatoms. The Kier molecular flexibility index (Phi) is 5.89. The van der Waals surface area contributed by atoms with Gasteiger partial charge in [-0.1, -0.05) is 0 Å². The summed E-state index contributed by atoms with van der Waals surface area (Å²) in [6, 6.07) is 8.07. The van der Waals surface area contributed by atoms with Gasteiger partial charge in [-0.05, 0) is 31.9 Å². The summed E-state index contributed by atoms with van der Waals surface area (Å²) in [7, 11) is 3.29. The quantitative estimate of drug-likeness (QED) is 0.772. The number of aromatic nitrogens is 2. The van der Waals surface area contributed by atoms with Crippen molar-refractivity contribution in [2.75, 3.05) is 45.3 Å². The zero-order chi connectivity index (χ0) is 20.2. The van der Waals surface area contributed by atoms with E-state index in [4.69, 9.17) is 9.47 Å². The minimum Gasteiger partial charge on any atom is -0.497 e. The molecule has 2 saturated heterocycles. The highest BCUT2D eigenvalue weighted by atomic mass is 16.5. The SMILES string of the molecule is COc1cc(OC)cc(N2CCC(NC(=O)c3ccn(C4CCCNC4)n3)C2)c1. The second kappa shape index (κ2) is 8.73. The fraction of sp³-hybridized carbons (Fsp3) is 0.524. The number of carbonyl (C=O) groups excluding carboxylic acids is 1. The average molecular weight is 399 g/mol. The van der Waals surface area contributed by atoms with Gasteiger partial charge in [0.2, 0.25) is 0 Å². The average Bonchev–Trinajstić information content (AvgIpc) is 3.44. The van der Waals surface area contributed by atoms with Gasteiger partial charge in [0.25, 0.3) is 5.91 Å². The first-order valence-electron chi connectivity index (χ1n) is 10.2. The fourth-order valence-corrected chi connectivity index (χ4v) is 4.07. The Morgan fingerprint density at radius 1 is 1.21 bits per heavy atom. The van der Waals surface area contributed by atoms with Crippen molar-refractivity contribution < 1.29 is 14.3 Å². The minimum atomic E-state index is -0.109. The zero-order valence-electron chi connectivity index (χ0n) is 17.1. The van der Waals surface area contributed by atoms with Gasteiger partial charge >= 0.3 is 0 Å². The molecule has 3 heterocycles. The molecule has 1 aromatic carbocycles. The van der Waals surface area contributed by atoms with E-state index in [2.05, 4.69) is 20.6 Å². The van der Waals surface area contributed by atoms with Crippen molar-refractivity contribution in [3.8, 4) is 11.5 Å². The molecule has 156 valence electrons. The third-order valence-corrected chi connectivity index (χ3v) is 5.71. The molecule has 0 spiro atoms. The van der Waals surface area contributed by atoms with E-state index in [9.17, 15) is 4.79 Å². The topological polar surface area (TPSA) is 80.7 Å². The van der Waals surface area contributed by atoms with E-state index in [-0.39, 0.29) is 11.9 Å². The summed E-state index contributed by atoms with van der Waals surface area (Å²) < 4.78 is 12.7. The van der Waals surface area contributed by atoms with Crippen molar-refractivity contribution in [1.82, 2.24) is 20.4 Å². The molecule has 4 rings (SSSR count). The Hall–Kier alpha value is -2.74. The summed E-state index contributed by atoms with van der Waals surface area (Å²) in [5.74, 6) is 1.41. The molecule has 1 amide bonds. The standard InChI is InChI=1S/C21H29N5O3/c1-28-18-10-17(11-19(12-18)29-2)25-8-5-15(14-25)23-21(27)20-6-9-26(24-20)16-4-3-7-22-13-16/h6,9-12,15-16,22H,3-5,7-8,13-14H2,1-2H3,(H,23,27). The predicted octanol–water partition coefficient (Wildman–Crippen LogP) is 1.83. The Bertz CT molecular complexity index is 824. The number of nitrogens with one attached hydrogen (secondary N) is 2. The van der Waals surface area contributed by atoms with Crippen LogP contribution in [0.5, 0.6) is 11.5 Å². The first-order valence-corrected chi connectivity index (χ1v) is 10.2. The lowest BCUT2D eigenvalue weighted by molar-refractivity contribution is 0.0934. The van der Waals surface area contributed by atoms with Gasteiger partial charge in [0.1, 0.15) is 17.2 Å². The molecule has 0 aliphatic carbocycles. The summed E-state index contributed by atoms with van der Waals surface area (Å²) in [5.41, 5.74) is 1.52. The highest BCUT2D eigenvalue weighted by Crippen LogP contribution is 2.30. The number of hydrogen-bond donors (Lipinski definition) is 2. The van der Waals surface area contributed by atoms with Gasteiger partial charge in [-0.15, -0.1) is 0 Å². The molecule has 2 aliphatic rings. The van der Waals surface area contributed by atoms with E-state index < -0.39 is 0 Å². The van der Waals surface area contributed by atoms with Crippen LogP contribution >= 0.6 is 0 Å². The number of amides is 1. The lowest BCUT2D eigenvalue weighted by Gasteiger charge is -2.23. The molecule has 2 atom stereocenters. The molecule has 0 radical (unpaired) electrons. The van der Waals surface area contributed by atoms with Crippen LogP contribution in [0.2, 0.25) is 0 Å². The molecule has 2 unspecified atom stereocenters. The maximum absolute atomic E-state index is 12.7. The Labute approximate surface area is 171 Å². The smallest absolute Gasteiger partial charge is 0.272 e. The molecule has 8 nitrogen and oxygen atoms in total. The lowest BCUT2D eigenvalue weighted by Crippen LogP contribution is -2.37. The molecule has 2 fully saturated rings. The Morgan fingerprint density at radius 3 is 2.69 bits per heavy atom. The monoisotopic (exact) mass is 399 g/mol. The van der Waals surface area contributed by atoms with Crippen LogP contribution in [0.1, 0.15) is 35.8 Å². The maximum atomic E-state index is 12.7. The van der Waals surface area contributed by atoms with E-state index in [0.717, 1.165) is 62.6 Å². The number of anilines is 1. The molecule has 2 aliphatic heterocycles. The van der Waals surface area contributed by atoms with Crippen molar-refractivity contribution in [2.45, 2.75) is 31.3 Å². The number of hydrogen-bond acceptors (Lipinski definition) is 6. The highest BCUT2D eigenvalue weighted by Gasteiger charge is 2.26. The lowest BCUT2D eigenvalue weighted by atomic mass is 10.1. The summed E-state index contributed by atoms with van der Waals surface area (Å²) in [4.78, 5) is 14.9. The van der Waals surface area contributed by atoms with Crippen molar-refractivity contribution in [1.29, 1.82) is 0 Å². The van der Waals surface area contributed by atoms with Crippen LogP contribution in [0, 0.1) is 0 Å². The van der Waals surface area contributed by atoms with Crippen molar-refractivity contribution in [3.05, 3.63) is 36.2 Å². The summed E-state index contributed by atoms with van der Waals surface area (Å²) in [6.45, 7) is 3.57. The molecule has 2 aromatic rings. The molecular formula is C21H29N5O3. The molecule has 2 N–H and O–H groups in total. The second-order valence-electron chi connectivity index (χ2n) is 7.66. The minimum absolute atomic E-state index is 0.0844. The third kappa shape index (κ3) is 4.48. The van der Waals surface area contributed by atoms with E-state index in [0.29, 0.717) is 11.7 Å². The van der Waals surface area contributed by atoms with E-state index in [1.807, 2.05) is 35.1 Å². The Morgan fingerprint density at radius 2 is 2.00 bits per heavy atom. The molecule has 29 heavy (non-hydrogen) atoms. The normalized spacial score (nSPS) is 21.8. The van der Waals surface area contributed by atoms with E-state index in [1.165, 1.54) is 0 Å². The maximum Gasteiger partial charge on any atom is 0.272 e. The number of piperidine rings is 1. The number of ether oxygens (including phenoxy) is 2. The third-order valence-electron chi connectivity index (χ3n) is 5.71. The van der Waals surface area contributed by atoms with Crippen LogP contribution in [0.15, 0.2) is 30.5 Å². The van der Waals surface area contributed by atoms with Crippen molar-refractivity contribution in [2.24, 2.45) is 0 Å². The van der Waals surface area contributed by atoms with Crippen LogP contribution in [-0.2, 0) is 0 Å². The zero-order valence-corrected chi connectivity index (χ0v) is 17.1. The van der Waals surface area contributed by atoms with Gasteiger partial charge < -0.3 is 25.0 Å². The molecule has 0 bridgehead atoms. The number of nitrogens with zero attached hydrogens (tertiary/aromatic N) is 3. The largest absolute Gasteiger partial charge is 0.497 e. The summed E-state index contributed by atoms with van der Waals surface area (Å²) in [5, 5.41) is 11.0. The van der Waals surface area contributed by atoms with Gasteiger partial charge in [-0.2, -0.15) is 5.10 Å². The van der Waals surface area contributed by atoms with Gasteiger partial charge in [0.05, 0.1) is 20.3 Å². The van der Waals surface area contributed by atoms with Gasteiger partial charge in [-0.3, -0.25) is 9.48 Å². The first kappa shape index (κ1) is 19.6. The van der Waals surface area contributed by atoms with Crippen LogP contribution < -0.4 is 25.0 Å². The highest BCUT2D eigenvalue weighted by molar-refractivity contribution is 5.92. The van der Waals surface area contributed by atoms with Gasteiger partial charge in [-0.25, -0.2) is 0 Å². The van der Waals surface area contributed by atoms with Gasteiger partial charge in [0.15, 0.2) is 0 Å². The number of benzene rings is 1. The van der Waals surface area contributed by atoms with E-state index >= 15 is 0 Å². The predicted molar refractivity (Wildman–Crippen MR) is 111 cm³/mol. The van der Waals surface area contributed by atoms with Crippen LogP contribution in [0.3, 0.4) is 0 Å².